The maximum Gasteiger partial charge on any atom is 0.254 e. The third kappa shape index (κ3) is 3.83. The van der Waals surface area contributed by atoms with Crippen molar-refractivity contribution in [2.45, 2.75) is 10.2 Å². The smallest absolute Gasteiger partial charge is 0.254 e. The Morgan fingerprint density at radius 1 is 1.50 bits per heavy atom. The highest BCUT2D eigenvalue weighted by Gasteiger charge is 2.32. The molecule has 1 heterocycles. The highest BCUT2D eigenvalue weighted by Crippen LogP contribution is 2.30. The number of H-pyrrole nitrogens is 1. The standard InChI is InChI=1S/C10H11Cl3N2O/c11-10(12,13)9(16)8-5-7(6-15-8)3-1-2-4-14/h1,3,5-6,15H,2,4,14H2. The van der Waals surface area contributed by atoms with E-state index in [1.54, 1.807) is 12.3 Å². The Labute approximate surface area is 109 Å². The minimum Gasteiger partial charge on any atom is -0.358 e. The maximum atomic E-state index is 11.5. The molecule has 1 aromatic heterocycles. The summed E-state index contributed by atoms with van der Waals surface area (Å²) >= 11 is 16.4. The number of alkyl halides is 3. The number of carbonyl (C=O) groups excluding carboxylic acids is 1. The van der Waals surface area contributed by atoms with Crippen LogP contribution in [-0.4, -0.2) is 21.1 Å². The Bertz CT molecular complexity index is 393. The summed E-state index contributed by atoms with van der Waals surface area (Å²) in [4.78, 5) is 14.3. The van der Waals surface area contributed by atoms with Crippen LogP contribution in [0.5, 0.6) is 0 Å². The molecule has 3 N–H and O–H groups in total. The van der Waals surface area contributed by atoms with E-state index in [0.717, 1.165) is 12.0 Å². The first-order chi connectivity index (χ1) is 7.45. The van der Waals surface area contributed by atoms with Crippen LogP contribution in [0, 0.1) is 0 Å². The number of carbonyl (C=O) groups is 1. The van der Waals surface area contributed by atoms with Gasteiger partial charge in [0, 0.05) is 6.20 Å². The number of Topliss-reactive ketones (excluding diaryl/α,β-unsaturated/α-hetero) is 1. The molecule has 0 aliphatic rings. The molecule has 0 aliphatic carbocycles. The lowest BCUT2D eigenvalue weighted by atomic mass is 10.2. The Balaban J connectivity index is 2.76. The van der Waals surface area contributed by atoms with Crippen molar-refractivity contribution in [2.24, 2.45) is 5.73 Å². The monoisotopic (exact) mass is 280 g/mol. The molecule has 16 heavy (non-hydrogen) atoms. The molecular weight excluding hydrogens is 270 g/mol. The van der Waals surface area contributed by atoms with E-state index in [4.69, 9.17) is 40.5 Å². The lowest BCUT2D eigenvalue weighted by molar-refractivity contribution is 0.0992. The number of ketones is 1. The van der Waals surface area contributed by atoms with Gasteiger partial charge in [0.2, 0.25) is 5.78 Å². The van der Waals surface area contributed by atoms with Gasteiger partial charge in [-0.15, -0.1) is 0 Å². The molecular formula is C10H11Cl3N2O. The van der Waals surface area contributed by atoms with Crippen LogP contribution in [0.25, 0.3) is 6.08 Å². The molecule has 6 heteroatoms. The Morgan fingerprint density at radius 3 is 2.75 bits per heavy atom. The predicted molar refractivity (Wildman–Crippen MR) is 68.1 cm³/mol. The molecule has 0 atom stereocenters. The SMILES string of the molecule is NCCC=Cc1c[nH]c(C(=O)C(Cl)(Cl)Cl)c1. The van der Waals surface area contributed by atoms with Gasteiger partial charge in [-0.3, -0.25) is 4.79 Å². The molecule has 0 bridgehead atoms. The fourth-order valence-corrected chi connectivity index (χ4v) is 1.41. The van der Waals surface area contributed by atoms with Crippen LogP contribution in [0.1, 0.15) is 22.5 Å². The number of halogens is 3. The van der Waals surface area contributed by atoms with Gasteiger partial charge in [0.05, 0.1) is 5.69 Å². The fraction of sp³-hybridized carbons (Fsp3) is 0.300. The Hall–Kier alpha value is -0.480. The van der Waals surface area contributed by atoms with Crippen LogP contribution in [0.4, 0.5) is 0 Å². The quantitative estimate of drug-likeness (QED) is 0.658. The number of nitrogens with two attached hydrogens (primary N) is 1. The predicted octanol–water partition coefficient (Wildman–Crippen LogP) is 2.93. The summed E-state index contributed by atoms with van der Waals surface area (Å²) in [5.41, 5.74) is 6.45. The average molecular weight is 282 g/mol. The molecule has 0 fully saturated rings. The molecule has 88 valence electrons. The second-order valence-corrected chi connectivity index (χ2v) is 5.43. The highest BCUT2D eigenvalue weighted by molar-refractivity contribution is 6.77. The summed E-state index contributed by atoms with van der Waals surface area (Å²) in [6, 6.07) is 1.62. The first-order valence-electron chi connectivity index (χ1n) is 4.61. The van der Waals surface area contributed by atoms with Gasteiger partial charge < -0.3 is 10.7 Å². The van der Waals surface area contributed by atoms with E-state index < -0.39 is 9.58 Å². The molecule has 0 radical (unpaired) electrons. The van der Waals surface area contributed by atoms with E-state index >= 15 is 0 Å². The van der Waals surface area contributed by atoms with E-state index in [9.17, 15) is 4.79 Å². The zero-order valence-corrected chi connectivity index (χ0v) is 10.6. The number of rotatable bonds is 4. The van der Waals surface area contributed by atoms with Crippen LogP contribution < -0.4 is 5.73 Å². The molecule has 1 rings (SSSR count). The minimum atomic E-state index is -1.93. The Morgan fingerprint density at radius 2 is 2.19 bits per heavy atom. The maximum absolute atomic E-state index is 11.5. The summed E-state index contributed by atoms with van der Waals surface area (Å²) < 4.78 is -1.93. The van der Waals surface area contributed by atoms with Crippen LogP contribution in [0.3, 0.4) is 0 Å². The molecule has 0 saturated carbocycles. The molecule has 3 nitrogen and oxygen atoms in total. The first-order valence-corrected chi connectivity index (χ1v) is 5.75. The number of aromatic nitrogens is 1. The molecule has 0 unspecified atom stereocenters. The van der Waals surface area contributed by atoms with Crippen LogP contribution in [0.15, 0.2) is 18.3 Å². The van der Waals surface area contributed by atoms with Crippen molar-refractivity contribution in [3.63, 3.8) is 0 Å². The Kier molecular flexibility index (Phi) is 4.87. The lowest BCUT2D eigenvalue weighted by Crippen LogP contribution is -2.19. The van der Waals surface area contributed by atoms with Crippen molar-refractivity contribution in [2.75, 3.05) is 6.54 Å². The van der Waals surface area contributed by atoms with Gasteiger partial charge in [-0.1, -0.05) is 47.0 Å². The summed E-state index contributed by atoms with van der Waals surface area (Å²) in [6.07, 6.45) is 6.20. The van der Waals surface area contributed by atoms with Gasteiger partial charge in [-0.25, -0.2) is 0 Å². The van der Waals surface area contributed by atoms with Crippen molar-refractivity contribution in [3.8, 4) is 0 Å². The van der Waals surface area contributed by atoms with E-state index in [1.165, 1.54) is 0 Å². The van der Waals surface area contributed by atoms with E-state index in [1.807, 2.05) is 12.2 Å². The summed E-state index contributed by atoms with van der Waals surface area (Å²) in [6.45, 7) is 0.584. The van der Waals surface area contributed by atoms with E-state index in [0.29, 0.717) is 6.54 Å². The van der Waals surface area contributed by atoms with E-state index in [-0.39, 0.29) is 5.69 Å². The van der Waals surface area contributed by atoms with Gasteiger partial charge >= 0.3 is 0 Å². The zero-order chi connectivity index (χ0) is 12.2. The number of nitrogens with one attached hydrogen (secondary N) is 1. The largest absolute Gasteiger partial charge is 0.358 e. The van der Waals surface area contributed by atoms with Crippen molar-refractivity contribution in [1.29, 1.82) is 0 Å². The van der Waals surface area contributed by atoms with E-state index in [2.05, 4.69) is 4.98 Å². The van der Waals surface area contributed by atoms with Gasteiger partial charge in [0.25, 0.3) is 3.79 Å². The van der Waals surface area contributed by atoms with Crippen molar-refractivity contribution < 1.29 is 4.79 Å². The minimum absolute atomic E-state index is 0.271. The van der Waals surface area contributed by atoms with Crippen molar-refractivity contribution in [3.05, 3.63) is 29.6 Å². The third-order valence-corrected chi connectivity index (χ3v) is 2.37. The molecule has 0 aliphatic heterocycles. The van der Waals surface area contributed by atoms with Crippen molar-refractivity contribution in [1.82, 2.24) is 4.98 Å². The molecule has 0 aromatic carbocycles. The zero-order valence-electron chi connectivity index (χ0n) is 8.34. The first kappa shape index (κ1) is 13.6. The van der Waals surface area contributed by atoms with Gasteiger partial charge in [-0.2, -0.15) is 0 Å². The second kappa shape index (κ2) is 5.73. The van der Waals surface area contributed by atoms with Gasteiger partial charge in [0.15, 0.2) is 0 Å². The van der Waals surface area contributed by atoms with Gasteiger partial charge in [0.1, 0.15) is 0 Å². The lowest BCUT2D eigenvalue weighted by Gasteiger charge is -2.06. The van der Waals surface area contributed by atoms with Crippen LogP contribution in [-0.2, 0) is 0 Å². The van der Waals surface area contributed by atoms with Crippen molar-refractivity contribution >= 4 is 46.7 Å². The summed E-state index contributed by atoms with van der Waals surface area (Å²) in [5, 5.41) is 0. The second-order valence-electron chi connectivity index (χ2n) is 3.15. The summed E-state index contributed by atoms with van der Waals surface area (Å²) in [5.74, 6) is -0.573. The third-order valence-electron chi connectivity index (χ3n) is 1.85. The fourth-order valence-electron chi connectivity index (χ4n) is 1.11. The summed E-state index contributed by atoms with van der Waals surface area (Å²) in [7, 11) is 0. The number of aromatic amines is 1. The molecule has 1 aromatic rings. The topological polar surface area (TPSA) is 58.9 Å². The number of hydrogen-bond donors (Lipinski definition) is 2. The molecule has 0 amide bonds. The van der Waals surface area contributed by atoms with Crippen LogP contribution in [0.2, 0.25) is 0 Å². The normalized spacial score (nSPS) is 12.2. The van der Waals surface area contributed by atoms with Crippen LogP contribution >= 0.6 is 34.8 Å². The average Bonchev–Trinajstić information content (AvgIpc) is 2.64. The highest BCUT2D eigenvalue weighted by atomic mass is 35.6. The molecule has 0 saturated heterocycles. The van der Waals surface area contributed by atoms with Gasteiger partial charge in [-0.05, 0) is 24.6 Å². The molecule has 0 spiro atoms. The number of hydrogen-bond acceptors (Lipinski definition) is 2.